The summed E-state index contributed by atoms with van der Waals surface area (Å²) >= 11 is 0. The first-order valence-corrected chi connectivity index (χ1v) is 7.41. The van der Waals surface area contributed by atoms with E-state index in [9.17, 15) is 4.79 Å². The maximum atomic E-state index is 12.1. The SMILES string of the molecule is Cc1ccc(C)c(-n2cc(CNC(C)C)c(=O)cc2C)c1. The zero-order valence-corrected chi connectivity index (χ0v) is 13.5. The van der Waals surface area contributed by atoms with Crippen LogP contribution in [0.3, 0.4) is 0 Å². The van der Waals surface area contributed by atoms with Crippen molar-refractivity contribution < 1.29 is 0 Å². The third-order valence-corrected chi connectivity index (χ3v) is 3.65. The first-order chi connectivity index (χ1) is 9.88. The van der Waals surface area contributed by atoms with E-state index < -0.39 is 0 Å². The van der Waals surface area contributed by atoms with Crippen molar-refractivity contribution in [3.8, 4) is 5.69 Å². The molecule has 112 valence electrons. The lowest BCUT2D eigenvalue weighted by molar-refractivity contribution is 0.585. The average molecular weight is 284 g/mol. The summed E-state index contributed by atoms with van der Waals surface area (Å²) in [6.07, 6.45) is 1.97. The van der Waals surface area contributed by atoms with Crippen LogP contribution >= 0.6 is 0 Å². The Morgan fingerprint density at radius 1 is 1.14 bits per heavy atom. The zero-order valence-electron chi connectivity index (χ0n) is 13.5. The van der Waals surface area contributed by atoms with Crippen molar-refractivity contribution in [3.05, 3.63) is 63.1 Å². The molecule has 21 heavy (non-hydrogen) atoms. The Kier molecular flexibility index (Phi) is 4.63. The number of pyridine rings is 1. The summed E-state index contributed by atoms with van der Waals surface area (Å²) in [5.41, 5.74) is 5.42. The lowest BCUT2D eigenvalue weighted by Gasteiger charge is -2.16. The van der Waals surface area contributed by atoms with Crippen LogP contribution in [0.25, 0.3) is 5.69 Å². The molecule has 0 fully saturated rings. The van der Waals surface area contributed by atoms with Gasteiger partial charge in [-0.05, 0) is 38.0 Å². The van der Waals surface area contributed by atoms with Gasteiger partial charge in [0, 0.05) is 41.8 Å². The monoisotopic (exact) mass is 284 g/mol. The van der Waals surface area contributed by atoms with E-state index in [1.807, 2.05) is 13.1 Å². The van der Waals surface area contributed by atoms with Crippen LogP contribution in [-0.2, 0) is 6.54 Å². The molecule has 0 saturated heterocycles. The lowest BCUT2D eigenvalue weighted by atomic mass is 10.1. The van der Waals surface area contributed by atoms with E-state index in [-0.39, 0.29) is 5.43 Å². The summed E-state index contributed by atoms with van der Waals surface area (Å²) in [7, 11) is 0. The Morgan fingerprint density at radius 2 is 1.86 bits per heavy atom. The van der Waals surface area contributed by atoms with Gasteiger partial charge in [0.2, 0.25) is 0 Å². The second-order valence-corrected chi connectivity index (χ2v) is 6.00. The molecule has 0 aliphatic heterocycles. The molecule has 3 nitrogen and oxygen atoms in total. The normalized spacial score (nSPS) is 11.1. The smallest absolute Gasteiger partial charge is 0.186 e. The first-order valence-electron chi connectivity index (χ1n) is 7.41. The summed E-state index contributed by atoms with van der Waals surface area (Å²) in [5, 5.41) is 3.31. The van der Waals surface area contributed by atoms with Crippen molar-refractivity contribution >= 4 is 0 Å². The van der Waals surface area contributed by atoms with E-state index in [0.717, 1.165) is 16.9 Å². The molecule has 2 aromatic rings. The van der Waals surface area contributed by atoms with E-state index in [1.54, 1.807) is 6.07 Å². The van der Waals surface area contributed by atoms with E-state index in [4.69, 9.17) is 0 Å². The summed E-state index contributed by atoms with van der Waals surface area (Å²) in [4.78, 5) is 12.1. The molecule has 2 rings (SSSR count). The van der Waals surface area contributed by atoms with Crippen molar-refractivity contribution in [3.63, 3.8) is 0 Å². The van der Waals surface area contributed by atoms with Crippen LogP contribution in [0.1, 0.15) is 36.2 Å². The second kappa shape index (κ2) is 6.27. The van der Waals surface area contributed by atoms with Crippen LogP contribution in [0, 0.1) is 20.8 Å². The van der Waals surface area contributed by atoms with Gasteiger partial charge in [-0.2, -0.15) is 0 Å². The van der Waals surface area contributed by atoms with Crippen molar-refractivity contribution in [2.45, 2.75) is 47.2 Å². The molecule has 0 amide bonds. The lowest BCUT2D eigenvalue weighted by Crippen LogP contribution is -2.26. The van der Waals surface area contributed by atoms with Crippen LogP contribution in [0.15, 0.2) is 35.3 Å². The molecular formula is C18H24N2O. The van der Waals surface area contributed by atoms with E-state index in [1.165, 1.54) is 11.1 Å². The fourth-order valence-corrected chi connectivity index (χ4v) is 2.36. The summed E-state index contributed by atoms with van der Waals surface area (Å²) in [6, 6.07) is 8.47. The van der Waals surface area contributed by atoms with Gasteiger partial charge in [0.1, 0.15) is 0 Å². The van der Waals surface area contributed by atoms with Crippen molar-refractivity contribution in [1.82, 2.24) is 9.88 Å². The van der Waals surface area contributed by atoms with E-state index in [2.05, 4.69) is 55.8 Å². The van der Waals surface area contributed by atoms with Crippen LogP contribution in [0.4, 0.5) is 0 Å². The number of hydrogen-bond donors (Lipinski definition) is 1. The maximum Gasteiger partial charge on any atom is 0.186 e. The molecule has 0 unspecified atom stereocenters. The van der Waals surface area contributed by atoms with Gasteiger partial charge < -0.3 is 9.88 Å². The van der Waals surface area contributed by atoms with Crippen molar-refractivity contribution in [1.29, 1.82) is 0 Å². The highest BCUT2D eigenvalue weighted by Crippen LogP contribution is 2.17. The van der Waals surface area contributed by atoms with Crippen LogP contribution < -0.4 is 10.7 Å². The standard InChI is InChI=1S/C18H24N2O/c1-12(2)19-10-16-11-20(15(5)9-18(16)21)17-8-13(3)6-7-14(17)4/h6-9,11-12,19H,10H2,1-5H3. The topological polar surface area (TPSA) is 34.0 Å². The fraction of sp³-hybridized carbons (Fsp3) is 0.389. The number of nitrogens with zero attached hydrogens (tertiary/aromatic N) is 1. The molecule has 0 spiro atoms. The van der Waals surface area contributed by atoms with Gasteiger partial charge in [0.15, 0.2) is 5.43 Å². The molecule has 0 bridgehead atoms. The highest BCUT2D eigenvalue weighted by atomic mass is 16.1. The van der Waals surface area contributed by atoms with Crippen molar-refractivity contribution in [2.75, 3.05) is 0 Å². The van der Waals surface area contributed by atoms with Crippen molar-refractivity contribution in [2.24, 2.45) is 0 Å². The largest absolute Gasteiger partial charge is 0.320 e. The highest BCUT2D eigenvalue weighted by molar-refractivity contribution is 5.45. The number of aryl methyl sites for hydroxylation is 3. The molecule has 0 atom stereocenters. The van der Waals surface area contributed by atoms with Crippen LogP contribution in [0.5, 0.6) is 0 Å². The Balaban J connectivity index is 2.51. The number of rotatable bonds is 4. The molecule has 3 heteroatoms. The quantitative estimate of drug-likeness (QED) is 0.935. The predicted molar refractivity (Wildman–Crippen MR) is 88.2 cm³/mol. The molecular weight excluding hydrogens is 260 g/mol. The molecule has 0 aliphatic rings. The van der Waals surface area contributed by atoms with Gasteiger partial charge in [0.05, 0.1) is 0 Å². The van der Waals surface area contributed by atoms with Gasteiger partial charge in [-0.1, -0.05) is 26.0 Å². The van der Waals surface area contributed by atoms with E-state index >= 15 is 0 Å². The molecule has 1 heterocycles. The van der Waals surface area contributed by atoms with E-state index in [0.29, 0.717) is 12.6 Å². The predicted octanol–water partition coefficient (Wildman–Crippen LogP) is 3.26. The third-order valence-electron chi connectivity index (χ3n) is 3.65. The molecule has 1 aromatic carbocycles. The van der Waals surface area contributed by atoms with Gasteiger partial charge >= 0.3 is 0 Å². The molecule has 0 radical (unpaired) electrons. The maximum absolute atomic E-state index is 12.1. The Morgan fingerprint density at radius 3 is 2.52 bits per heavy atom. The number of hydrogen-bond acceptors (Lipinski definition) is 2. The molecule has 1 N–H and O–H groups in total. The third kappa shape index (κ3) is 3.61. The summed E-state index contributed by atoms with van der Waals surface area (Å²) < 4.78 is 2.11. The Hall–Kier alpha value is -1.87. The van der Waals surface area contributed by atoms with Crippen LogP contribution in [-0.4, -0.2) is 10.6 Å². The fourth-order valence-electron chi connectivity index (χ4n) is 2.36. The molecule has 1 aromatic heterocycles. The Bertz CT molecular complexity index is 699. The van der Waals surface area contributed by atoms with Gasteiger partial charge in [0.25, 0.3) is 0 Å². The second-order valence-electron chi connectivity index (χ2n) is 6.00. The number of aromatic nitrogens is 1. The minimum absolute atomic E-state index is 0.0993. The van der Waals surface area contributed by atoms with Gasteiger partial charge in [-0.3, -0.25) is 4.79 Å². The minimum atomic E-state index is 0.0993. The first kappa shape index (κ1) is 15.5. The van der Waals surface area contributed by atoms with Gasteiger partial charge in [-0.15, -0.1) is 0 Å². The summed E-state index contributed by atoms with van der Waals surface area (Å²) in [5.74, 6) is 0. The molecule has 0 saturated carbocycles. The Labute approximate surface area is 126 Å². The average Bonchev–Trinajstić information content (AvgIpc) is 2.41. The minimum Gasteiger partial charge on any atom is -0.320 e. The number of nitrogens with one attached hydrogen (secondary N) is 1. The van der Waals surface area contributed by atoms with Crippen LogP contribution in [0.2, 0.25) is 0 Å². The number of benzene rings is 1. The van der Waals surface area contributed by atoms with Gasteiger partial charge in [-0.25, -0.2) is 0 Å². The molecule has 0 aliphatic carbocycles. The zero-order chi connectivity index (χ0) is 15.6. The summed E-state index contributed by atoms with van der Waals surface area (Å²) in [6.45, 7) is 10.9. The highest BCUT2D eigenvalue weighted by Gasteiger charge is 2.08.